The first kappa shape index (κ1) is 15.8. The maximum atomic E-state index is 13.6. The molecule has 0 spiro atoms. The van der Waals surface area contributed by atoms with Crippen molar-refractivity contribution < 1.29 is 9.50 Å². The van der Waals surface area contributed by atoms with Crippen LogP contribution in [0.4, 0.5) is 10.2 Å². The highest BCUT2D eigenvalue weighted by Crippen LogP contribution is 2.31. The maximum absolute atomic E-state index is 13.6. The van der Waals surface area contributed by atoms with Crippen molar-refractivity contribution in [2.24, 2.45) is 0 Å². The number of nitrogens with zero attached hydrogens (tertiary/aromatic N) is 2. The molecule has 1 atom stereocenters. The number of phenolic OH excluding ortho intramolecular Hbond substituents is 1. The van der Waals surface area contributed by atoms with E-state index < -0.39 is 5.82 Å². The Kier molecular flexibility index (Phi) is 4.19. The molecule has 1 aliphatic rings. The van der Waals surface area contributed by atoms with Gasteiger partial charge in [0.15, 0.2) is 5.82 Å². The number of piperidine rings is 1. The molecule has 128 valence electrons. The fraction of sp³-hybridized carbons (Fsp3) is 0.263. The number of anilines is 1. The van der Waals surface area contributed by atoms with Crippen LogP contribution in [0.25, 0.3) is 22.3 Å². The molecule has 1 saturated heterocycles. The Balaban J connectivity index is 1.81. The van der Waals surface area contributed by atoms with Crippen LogP contribution in [0.2, 0.25) is 0 Å². The third-order valence-corrected chi connectivity index (χ3v) is 4.44. The van der Waals surface area contributed by atoms with Gasteiger partial charge in [0.1, 0.15) is 17.4 Å². The second-order valence-electron chi connectivity index (χ2n) is 6.26. The number of halogens is 1. The summed E-state index contributed by atoms with van der Waals surface area (Å²) in [5.41, 5.74) is 1.04. The van der Waals surface area contributed by atoms with E-state index in [1.165, 1.54) is 18.2 Å². The van der Waals surface area contributed by atoms with Crippen LogP contribution in [-0.2, 0) is 0 Å². The first-order chi connectivity index (χ1) is 12.2. The van der Waals surface area contributed by atoms with Crippen LogP contribution in [0.5, 0.6) is 5.75 Å². The molecular formula is C19H19FN4O. The third kappa shape index (κ3) is 3.25. The van der Waals surface area contributed by atoms with Gasteiger partial charge in [-0.3, -0.25) is 0 Å². The predicted molar refractivity (Wildman–Crippen MR) is 96.1 cm³/mol. The predicted octanol–water partition coefficient (Wildman–Crippen LogP) is 3.31. The standard InChI is InChI=1S/C19H19FN4O/c20-12-7-8-17(25)15(10-12)19-23-16-6-2-1-5-14(16)18(24-19)22-13-4-3-9-21-11-13/h1-2,5-8,10,13,21,25H,3-4,9,11H2,(H,22,23,24). The second kappa shape index (κ2) is 6.64. The fourth-order valence-electron chi connectivity index (χ4n) is 3.16. The lowest BCUT2D eigenvalue weighted by molar-refractivity contribution is 0.474. The van der Waals surface area contributed by atoms with Gasteiger partial charge >= 0.3 is 0 Å². The van der Waals surface area contributed by atoms with Gasteiger partial charge in [-0.25, -0.2) is 14.4 Å². The van der Waals surface area contributed by atoms with Crippen molar-refractivity contribution in [1.82, 2.24) is 15.3 Å². The molecule has 1 unspecified atom stereocenters. The van der Waals surface area contributed by atoms with Crippen molar-refractivity contribution >= 4 is 16.7 Å². The molecule has 3 N–H and O–H groups in total. The van der Waals surface area contributed by atoms with E-state index in [4.69, 9.17) is 0 Å². The van der Waals surface area contributed by atoms with Crippen LogP contribution in [0.15, 0.2) is 42.5 Å². The average molecular weight is 338 g/mol. The summed E-state index contributed by atoms with van der Waals surface area (Å²) in [5.74, 6) is 0.539. The molecule has 25 heavy (non-hydrogen) atoms. The minimum absolute atomic E-state index is 0.0398. The molecule has 5 nitrogen and oxygen atoms in total. The Morgan fingerprint density at radius 3 is 2.88 bits per heavy atom. The largest absolute Gasteiger partial charge is 0.507 e. The number of hydrogen-bond donors (Lipinski definition) is 3. The van der Waals surface area contributed by atoms with Gasteiger partial charge in [-0.05, 0) is 49.7 Å². The molecular weight excluding hydrogens is 319 g/mol. The van der Waals surface area contributed by atoms with E-state index in [0.29, 0.717) is 11.6 Å². The summed E-state index contributed by atoms with van der Waals surface area (Å²) in [6.45, 7) is 1.91. The van der Waals surface area contributed by atoms with Gasteiger partial charge in [-0.1, -0.05) is 12.1 Å². The van der Waals surface area contributed by atoms with Crippen molar-refractivity contribution in [1.29, 1.82) is 0 Å². The zero-order valence-corrected chi connectivity index (χ0v) is 13.7. The number of phenols is 1. The van der Waals surface area contributed by atoms with E-state index in [-0.39, 0.29) is 17.4 Å². The highest BCUT2D eigenvalue weighted by Gasteiger charge is 2.17. The molecule has 3 aromatic rings. The van der Waals surface area contributed by atoms with Gasteiger partial charge < -0.3 is 15.7 Å². The number of rotatable bonds is 3. The molecule has 2 aromatic carbocycles. The SMILES string of the molecule is Oc1ccc(F)cc1-c1nc(NC2CCCNC2)c2ccccc2n1. The Bertz CT molecular complexity index is 909. The Morgan fingerprint density at radius 1 is 1.16 bits per heavy atom. The van der Waals surface area contributed by atoms with Crippen LogP contribution >= 0.6 is 0 Å². The lowest BCUT2D eigenvalue weighted by Gasteiger charge is -2.25. The summed E-state index contributed by atoms with van der Waals surface area (Å²) in [7, 11) is 0. The van der Waals surface area contributed by atoms with Gasteiger partial charge in [0, 0.05) is 18.0 Å². The summed E-state index contributed by atoms with van der Waals surface area (Å²) in [5, 5.41) is 17.9. The van der Waals surface area contributed by atoms with E-state index >= 15 is 0 Å². The quantitative estimate of drug-likeness (QED) is 0.683. The lowest BCUT2D eigenvalue weighted by Crippen LogP contribution is -2.38. The first-order valence-electron chi connectivity index (χ1n) is 8.43. The molecule has 2 heterocycles. The number of hydrogen-bond acceptors (Lipinski definition) is 5. The molecule has 0 bridgehead atoms. The van der Waals surface area contributed by atoms with Crippen molar-refractivity contribution in [2.75, 3.05) is 18.4 Å². The Labute approximate surface area is 144 Å². The van der Waals surface area contributed by atoms with Gasteiger partial charge in [-0.2, -0.15) is 0 Å². The van der Waals surface area contributed by atoms with E-state index in [2.05, 4.69) is 20.6 Å². The van der Waals surface area contributed by atoms with Gasteiger partial charge in [0.05, 0.1) is 11.1 Å². The van der Waals surface area contributed by atoms with Crippen molar-refractivity contribution in [2.45, 2.75) is 18.9 Å². The minimum atomic E-state index is -0.435. The summed E-state index contributed by atoms with van der Waals surface area (Å²) in [6.07, 6.45) is 2.17. The lowest BCUT2D eigenvalue weighted by atomic mass is 10.1. The van der Waals surface area contributed by atoms with Crippen LogP contribution in [-0.4, -0.2) is 34.2 Å². The molecule has 4 rings (SSSR count). The molecule has 0 radical (unpaired) electrons. The van der Waals surface area contributed by atoms with E-state index in [1.807, 2.05) is 24.3 Å². The summed E-state index contributed by atoms with van der Waals surface area (Å²) >= 11 is 0. The third-order valence-electron chi connectivity index (χ3n) is 4.44. The van der Waals surface area contributed by atoms with Gasteiger partial charge in [-0.15, -0.1) is 0 Å². The van der Waals surface area contributed by atoms with Gasteiger partial charge in [0.2, 0.25) is 0 Å². The normalized spacial score (nSPS) is 17.6. The maximum Gasteiger partial charge on any atom is 0.165 e. The van der Waals surface area contributed by atoms with Crippen LogP contribution in [0, 0.1) is 5.82 Å². The fourth-order valence-corrected chi connectivity index (χ4v) is 3.16. The molecule has 0 amide bonds. The Morgan fingerprint density at radius 2 is 2.04 bits per heavy atom. The van der Waals surface area contributed by atoms with Gasteiger partial charge in [0.25, 0.3) is 0 Å². The van der Waals surface area contributed by atoms with E-state index in [9.17, 15) is 9.50 Å². The molecule has 6 heteroatoms. The van der Waals surface area contributed by atoms with Crippen molar-refractivity contribution in [3.05, 3.63) is 48.3 Å². The number of fused-ring (bicyclic) bond motifs is 1. The smallest absolute Gasteiger partial charge is 0.165 e. The van der Waals surface area contributed by atoms with Crippen molar-refractivity contribution in [3.63, 3.8) is 0 Å². The zero-order valence-electron chi connectivity index (χ0n) is 13.7. The monoisotopic (exact) mass is 338 g/mol. The molecule has 0 aliphatic carbocycles. The molecule has 1 aromatic heterocycles. The highest BCUT2D eigenvalue weighted by atomic mass is 19.1. The average Bonchev–Trinajstić information content (AvgIpc) is 2.64. The first-order valence-corrected chi connectivity index (χ1v) is 8.43. The summed E-state index contributed by atoms with van der Waals surface area (Å²) in [4.78, 5) is 9.10. The van der Waals surface area contributed by atoms with E-state index in [0.717, 1.165) is 36.8 Å². The molecule has 1 fully saturated rings. The number of benzene rings is 2. The second-order valence-corrected chi connectivity index (χ2v) is 6.26. The topological polar surface area (TPSA) is 70.1 Å². The summed E-state index contributed by atoms with van der Waals surface area (Å²) < 4.78 is 13.6. The molecule has 0 saturated carbocycles. The molecule has 1 aliphatic heterocycles. The highest BCUT2D eigenvalue weighted by molar-refractivity contribution is 5.91. The zero-order chi connectivity index (χ0) is 17.2. The van der Waals surface area contributed by atoms with Crippen LogP contribution in [0.3, 0.4) is 0 Å². The number of para-hydroxylation sites is 1. The van der Waals surface area contributed by atoms with Crippen molar-refractivity contribution in [3.8, 4) is 17.1 Å². The number of nitrogens with one attached hydrogen (secondary N) is 2. The Hall–Kier alpha value is -2.73. The van der Waals surface area contributed by atoms with E-state index in [1.54, 1.807) is 0 Å². The van der Waals surface area contributed by atoms with Crippen LogP contribution in [0.1, 0.15) is 12.8 Å². The number of aromatic hydroxyl groups is 1. The number of aromatic nitrogens is 2. The minimum Gasteiger partial charge on any atom is -0.507 e. The van der Waals surface area contributed by atoms with Crippen LogP contribution < -0.4 is 10.6 Å². The summed E-state index contributed by atoms with van der Waals surface area (Å²) in [6, 6.07) is 11.8.